The molecule has 1 saturated carbocycles. The molecule has 5 nitrogen and oxygen atoms in total. The van der Waals surface area contributed by atoms with Gasteiger partial charge in [0.05, 0.1) is 17.9 Å². The van der Waals surface area contributed by atoms with E-state index in [9.17, 15) is 13.5 Å². The summed E-state index contributed by atoms with van der Waals surface area (Å²) in [5.41, 5.74) is 5.31. The molecule has 0 bridgehead atoms. The standard InChI is InChI=1S/C10H22N2O3S/c1-12(16(14,15)8-4-7-11)9-5-2-3-6-10(9)13/h9-10,13H,2-8,11H2,1H3. The number of aliphatic hydroxyl groups is 1. The summed E-state index contributed by atoms with van der Waals surface area (Å²) in [6.45, 7) is 0.375. The fourth-order valence-electron chi connectivity index (χ4n) is 2.13. The molecule has 0 heterocycles. The van der Waals surface area contributed by atoms with Crippen molar-refractivity contribution in [1.29, 1.82) is 0 Å². The van der Waals surface area contributed by atoms with Crippen LogP contribution in [-0.4, -0.2) is 49.3 Å². The molecule has 1 aliphatic carbocycles. The minimum Gasteiger partial charge on any atom is -0.391 e. The Balaban J connectivity index is 2.64. The Kier molecular flexibility index (Phi) is 5.17. The first kappa shape index (κ1) is 13.9. The van der Waals surface area contributed by atoms with Crippen molar-refractivity contribution in [3.05, 3.63) is 0 Å². The summed E-state index contributed by atoms with van der Waals surface area (Å²) in [5, 5.41) is 9.80. The lowest BCUT2D eigenvalue weighted by Crippen LogP contribution is -2.47. The molecule has 6 heteroatoms. The third kappa shape index (κ3) is 3.41. The van der Waals surface area contributed by atoms with Crippen molar-refractivity contribution in [2.75, 3.05) is 19.3 Å². The number of likely N-dealkylation sites (N-methyl/N-ethyl adjacent to an activating group) is 1. The second-order valence-corrected chi connectivity index (χ2v) is 6.54. The van der Waals surface area contributed by atoms with Gasteiger partial charge in [-0.25, -0.2) is 8.42 Å². The highest BCUT2D eigenvalue weighted by molar-refractivity contribution is 7.89. The Morgan fingerprint density at radius 3 is 2.56 bits per heavy atom. The van der Waals surface area contributed by atoms with E-state index in [1.54, 1.807) is 7.05 Å². The minimum atomic E-state index is -3.26. The molecular formula is C10H22N2O3S. The van der Waals surface area contributed by atoms with Gasteiger partial charge >= 0.3 is 0 Å². The van der Waals surface area contributed by atoms with Crippen LogP contribution < -0.4 is 5.73 Å². The summed E-state index contributed by atoms with van der Waals surface area (Å²) in [6.07, 6.45) is 3.36. The minimum absolute atomic E-state index is 0.0726. The third-order valence-corrected chi connectivity index (χ3v) is 5.16. The maximum Gasteiger partial charge on any atom is 0.214 e. The average Bonchev–Trinajstić information content (AvgIpc) is 2.26. The number of nitrogens with zero attached hydrogens (tertiary/aromatic N) is 1. The molecule has 0 aromatic heterocycles. The van der Waals surface area contributed by atoms with Gasteiger partial charge < -0.3 is 10.8 Å². The Labute approximate surface area is 97.7 Å². The van der Waals surface area contributed by atoms with Gasteiger partial charge in [0, 0.05) is 7.05 Å². The van der Waals surface area contributed by atoms with Gasteiger partial charge in [-0.15, -0.1) is 0 Å². The van der Waals surface area contributed by atoms with Gasteiger partial charge in [0.1, 0.15) is 0 Å². The van der Waals surface area contributed by atoms with Gasteiger partial charge in [-0.2, -0.15) is 4.31 Å². The van der Waals surface area contributed by atoms with Crippen LogP contribution in [0, 0.1) is 0 Å². The number of nitrogens with two attached hydrogens (primary N) is 1. The Morgan fingerprint density at radius 1 is 1.38 bits per heavy atom. The normalized spacial score (nSPS) is 27.2. The summed E-state index contributed by atoms with van der Waals surface area (Å²) in [5.74, 6) is 0.0726. The highest BCUT2D eigenvalue weighted by Crippen LogP contribution is 2.24. The highest BCUT2D eigenvalue weighted by Gasteiger charge is 2.32. The van der Waals surface area contributed by atoms with E-state index in [1.165, 1.54) is 4.31 Å². The lowest BCUT2D eigenvalue weighted by atomic mass is 9.93. The van der Waals surface area contributed by atoms with Crippen molar-refractivity contribution in [3.63, 3.8) is 0 Å². The summed E-state index contributed by atoms with van der Waals surface area (Å²) < 4.78 is 25.1. The number of rotatable bonds is 5. The monoisotopic (exact) mass is 250 g/mol. The van der Waals surface area contributed by atoms with Crippen molar-refractivity contribution in [2.24, 2.45) is 5.73 Å². The van der Waals surface area contributed by atoms with Gasteiger partial charge in [0.2, 0.25) is 10.0 Å². The largest absolute Gasteiger partial charge is 0.391 e. The number of aliphatic hydroxyl groups excluding tert-OH is 1. The van der Waals surface area contributed by atoms with Crippen LogP contribution in [0.5, 0.6) is 0 Å². The fraction of sp³-hybridized carbons (Fsp3) is 1.00. The zero-order chi connectivity index (χ0) is 12.2. The van der Waals surface area contributed by atoms with Crippen LogP contribution in [0.15, 0.2) is 0 Å². The quantitative estimate of drug-likeness (QED) is 0.713. The van der Waals surface area contributed by atoms with Crippen LogP contribution in [0.3, 0.4) is 0 Å². The first-order valence-corrected chi connectivity index (χ1v) is 7.44. The maximum atomic E-state index is 11.9. The first-order valence-electron chi connectivity index (χ1n) is 5.83. The summed E-state index contributed by atoms with van der Waals surface area (Å²) in [7, 11) is -1.70. The van der Waals surface area contributed by atoms with E-state index in [2.05, 4.69) is 0 Å². The first-order chi connectivity index (χ1) is 7.49. The molecule has 16 heavy (non-hydrogen) atoms. The van der Waals surface area contributed by atoms with Crippen LogP contribution in [-0.2, 0) is 10.0 Å². The zero-order valence-electron chi connectivity index (χ0n) is 9.80. The molecular weight excluding hydrogens is 228 g/mol. The molecule has 0 aromatic carbocycles. The van der Waals surface area contributed by atoms with Crippen LogP contribution in [0.4, 0.5) is 0 Å². The highest BCUT2D eigenvalue weighted by atomic mass is 32.2. The molecule has 1 rings (SSSR count). The summed E-state index contributed by atoms with van der Waals surface area (Å²) >= 11 is 0. The Bertz CT molecular complexity index is 305. The predicted octanol–water partition coefficient (Wildman–Crippen LogP) is -0.0997. The van der Waals surface area contributed by atoms with Crippen molar-refractivity contribution in [3.8, 4) is 0 Å². The van der Waals surface area contributed by atoms with E-state index >= 15 is 0 Å². The topological polar surface area (TPSA) is 83.6 Å². The fourth-order valence-corrected chi connectivity index (χ4v) is 3.61. The van der Waals surface area contributed by atoms with E-state index in [1.807, 2.05) is 0 Å². The number of sulfonamides is 1. The van der Waals surface area contributed by atoms with Gasteiger partial charge in [-0.1, -0.05) is 12.8 Å². The number of hydrogen-bond acceptors (Lipinski definition) is 4. The SMILES string of the molecule is CN(C1CCCCC1O)S(=O)(=O)CCCN. The Morgan fingerprint density at radius 2 is 2.00 bits per heavy atom. The van der Waals surface area contributed by atoms with Gasteiger partial charge in [0.15, 0.2) is 0 Å². The molecule has 1 aliphatic rings. The van der Waals surface area contributed by atoms with Crippen LogP contribution in [0.1, 0.15) is 32.1 Å². The van der Waals surface area contributed by atoms with Gasteiger partial charge in [-0.3, -0.25) is 0 Å². The van der Waals surface area contributed by atoms with Gasteiger partial charge in [0.25, 0.3) is 0 Å². The molecule has 0 amide bonds. The second-order valence-electron chi connectivity index (χ2n) is 4.39. The molecule has 0 aliphatic heterocycles. The molecule has 0 saturated heterocycles. The van der Waals surface area contributed by atoms with Crippen LogP contribution >= 0.6 is 0 Å². The molecule has 2 unspecified atom stereocenters. The van der Waals surface area contributed by atoms with E-state index in [4.69, 9.17) is 5.73 Å². The average molecular weight is 250 g/mol. The van der Waals surface area contributed by atoms with Crippen LogP contribution in [0.25, 0.3) is 0 Å². The van der Waals surface area contributed by atoms with Crippen molar-refractivity contribution in [2.45, 2.75) is 44.2 Å². The molecule has 0 spiro atoms. The third-order valence-electron chi connectivity index (χ3n) is 3.21. The lowest BCUT2D eigenvalue weighted by Gasteiger charge is -2.34. The Hall–Kier alpha value is -0.170. The second kappa shape index (κ2) is 5.95. The van der Waals surface area contributed by atoms with Crippen molar-refractivity contribution in [1.82, 2.24) is 4.31 Å². The molecule has 2 atom stereocenters. The van der Waals surface area contributed by atoms with Gasteiger partial charge in [-0.05, 0) is 25.8 Å². The predicted molar refractivity (Wildman–Crippen MR) is 63.5 cm³/mol. The van der Waals surface area contributed by atoms with Crippen LogP contribution in [0.2, 0.25) is 0 Å². The number of hydrogen-bond donors (Lipinski definition) is 2. The molecule has 1 fully saturated rings. The molecule has 3 N–H and O–H groups in total. The van der Waals surface area contributed by atoms with Crippen molar-refractivity contribution < 1.29 is 13.5 Å². The molecule has 0 aromatic rings. The zero-order valence-corrected chi connectivity index (χ0v) is 10.6. The van der Waals surface area contributed by atoms with E-state index in [-0.39, 0.29) is 11.8 Å². The smallest absolute Gasteiger partial charge is 0.214 e. The lowest BCUT2D eigenvalue weighted by molar-refractivity contribution is 0.0638. The van der Waals surface area contributed by atoms with Crippen molar-refractivity contribution >= 4 is 10.0 Å². The molecule has 96 valence electrons. The molecule has 0 radical (unpaired) electrons. The van der Waals surface area contributed by atoms with E-state index in [0.29, 0.717) is 19.4 Å². The summed E-state index contributed by atoms with van der Waals surface area (Å²) in [4.78, 5) is 0. The maximum absolute atomic E-state index is 11.9. The van der Waals surface area contributed by atoms with E-state index in [0.717, 1.165) is 19.3 Å². The van der Waals surface area contributed by atoms with E-state index < -0.39 is 16.1 Å². The summed E-state index contributed by atoms with van der Waals surface area (Å²) in [6, 6.07) is -0.253.